The highest BCUT2D eigenvalue weighted by molar-refractivity contribution is 6.31. The van der Waals surface area contributed by atoms with Crippen molar-refractivity contribution in [1.82, 2.24) is 14.8 Å². The number of halogens is 1. The molecule has 1 aromatic heterocycles. The molecular formula is C23H28ClN3O. The van der Waals surface area contributed by atoms with Crippen molar-refractivity contribution in [3.63, 3.8) is 0 Å². The maximum atomic E-state index is 11.6. The third-order valence-corrected chi connectivity index (χ3v) is 6.54. The van der Waals surface area contributed by atoms with Gasteiger partial charge in [0.05, 0.1) is 11.7 Å². The summed E-state index contributed by atoms with van der Waals surface area (Å²) in [5.41, 5.74) is 3.37. The van der Waals surface area contributed by atoms with Crippen molar-refractivity contribution in [1.29, 1.82) is 0 Å². The van der Waals surface area contributed by atoms with Crippen molar-refractivity contribution in [2.24, 2.45) is 0 Å². The number of carbonyl (C=O) groups is 1. The fraction of sp³-hybridized carbons (Fsp3) is 0.478. The lowest BCUT2D eigenvalue weighted by Crippen LogP contribution is -2.46. The number of pyridine rings is 1. The van der Waals surface area contributed by atoms with Crippen molar-refractivity contribution < 1.29 is 4.79 Å². The number of nitrogens with zero attached hydrogens (tertiary/aromatic N) is 3. The van der Waals surface area contributed by atoms with Crippen molar-refractivity contribution in [3.05, 3.63) is 64.4 Å². The van der Waals surface area contributed by atoms with Crippen molar-refractivity contribution in [2.75, 3.05) is 19.6 Å². The van der Waals surface area contributed by atoms with Gasteiger partial charge >= 0.3 is 0 Å². The van der Waals surface area contributed by atoms with Gasteiger partial charge in [-0.05, 0) is 56.0 Å². The average molecular weight is 398 g/mol. The van der Waals surface area contributed by atoms with Gasteiger partial charge < -0.3 is 4.90 Å². The molecule has 2 fully saturated rings. The number of amides is 1. The van der Waals surface area contributed by atoms with E-state index >= 15 is 0 Å². The normalized spacial score (nSPS) is 21.2. The molecule has 4 rings (SSSR count). The van der Waals surface area contributed by atoms with E-state index in [-0.39, 0.29) is 5.91 Å². The molecule has 1 unspecified atom stereocenters. The maximum Gasteiger partial charge on any atom is 0.219 e. The predicted molar refractivity (Wildman–Crippen MR) is 112 cm³/mol. The van der Waals surface area contributed by atoms with E-state index in [1.165, 1.54) is 12.1 Å². The molecule has 0 radical (unpaired) electrons. The molecule has 5 heteroatoms. The Bertz CT molecular complexity index is 832. The van der Waals surface area contributed by atoms with Crippen LogP contribution >= 0.6 is 11.6 Å². The zero-order chi connectivity index (χ0) is 19.5. The molecule has 0 N–H and O–H groups in total. The van der Waals surface area contributed by atoms with Crippen molar-refractivity contribution in [3.8, 4) is 0 Å². The predicted octanol–water partition coefficient (Wildman–Crippen LogP) is 4.47. The van der Waals surface area contributed by atoms with Gasteiger partial charge in [0.1, 0.15) is 0 Å². The highest BCUT2D eigenvalue weighted by atomic mass is 35.5. The summed E-state index contributed by atoms with van der Waals surface area (Å²) in [6.07, 6.45) is 5.27. The fourth-order valence-electron chi connectivity index (χ4n) is 4.68. The summed E-state index contributed by atoms with van der Waals surface area (Å²) in [7, 11) is 0. The van der Waals surface area contributed by atoms with Crippen LogP contribution in [0, 0.1) is 0 Å². The van der Waals surface area contributed by atoms with Gasteiger partial charge in [0.2, 0.25) is 5.91 Å². The van der Waals surface area contributed by atoms with E-state index in [0.29, 0.717) is 12.1 Å². The molecule has 1 atom stereocenters. The summed E-state index contributed by atoms with van der Waals surface area (Å²) in [6.45, 7) is 4.56. The van der Waals surface area contributed by atoms with Crippen LogP contribution in [-0.2, 0) is 11.2 Å². The summed E-state index contributed by atoms with van der Waals surface area (Å²) in [5.74, 6) is 0.199. The smallest absolute Gasteiger partial charge is 0.219 e. The van der Waals surface area contributed by atoms with E-state index in [4.69, 9.17) is 16.6 Å². The standard InChI is InChI=1S/C23H28ClN3O/c1-17(28)26-14-11-20(12-15-26)27-13-5-10-23(27)22-9-4-7-19(25-22)16-18-6-2-3-8-21(18)24/h2-4,6-9,20,23H,5,10-16H2,1H3. The van der Waals surface area contributed by atoms with Crippen LogP contribution in [0.1, 0.15) is 55.6 Å². The summed E-state index contributed by atoms with van der Waals surface area (Å²) >= 11 is 6.34. The summed E-state index contributed by atoms with van der Waals surface area (Å²) < 4.78 is 0. The summed E-state index contributed by atoms with van der Waals surface area (Å²) in [4.78, 5) is 21.2. The Balaban J connectivity index is 1.47. The van der Waals surface area contributed by atoms with Crippen LogP contribution in [0.2, 0.25) is 5.02 Å². The molecule has 2 aliphatic rings. The monoisotopic (exact) mass is 397 g/mol. The van der Waals surface area contributed by atoms with E-state index < -0.39 is 0 Å². The number of carbonyl (C=O) groups excluding carboxylic acids is 1. The zero-order valence-electron chi connectivity index (χ0n) is 16.5. The zero-order valence-corrected chi connectivity index (χ0v) is 17.2. The first-order valence-electron chi connectivity index (χ1n) is 10.3. The molecule has 0 bridgehead atoms. The molecule has 2 saturated heterocycles. The molecule has 1 amide bonds. The van der Waals surface area contributed by atoms with E-state index in [2.05, 4.69) is 29.2 Å². The Morgan fingerprint density at radius 3 is 2.61 bits per heavy atom. The Hall–Kier alpha value is -1.91. The average Bonchev–Trinajstić information content (AvgIpc) is 3.20. The van der Waals surface area contributed by atoms with Crippen molar-refractivity contribution in [2.45, 2.75) is 51.1 Å². The molecule has 2 aromatic rings. The number of hydrogen-bond acceptors (Lipinski definition) is 3. The molecule has 1 aromatic carbocycles. The van der Waals surface area contributed by atoms with Crippen LogP contribution in [0.4, 0.5) is 0 Å². The van der Waals surface area contributed by atoms with Gasteiger partial charge in [0, 0.05) is 43.2 Å². The Labute approximate surface area is 172 Å². The van der Waals surface area contributed by atoms with Crippen LogP contribution in [0.15, 0.2) is 42.5 Å². The summed E-state index contributed by atoms with van der Waals surface area (Å²) in [5, 5.41) is 0.800. The first-order chi connectivity index (χ1) is 13.6. The molecule has 28 heavy (non-hydrogen) atoms. The maximum absolute atomic E-state index is 11.6. The number of rotatable bonds is 4. The number of hydrogen-bond donors (Lipinski definition) is 0. The second kappa shape index (κ2) is 8.62. The van der Waals surface area contributed by atoms with E-state index in [9.17, 15) is 4.79 Å². The van der Waals surface area contributed by atoms with Crippen LogP contribution < -0.4 is 0 Å². The minimum atomic E-state index is 0.199. The number of likely N-dealkylation sites (tertiary alicyclic amines) is 2. The summed E-state index contributed by atoms with van der Waals surface area (Å²) in [6, 6.07) is 15.3. The molecule has 148 valence electrons. The topological polar surface area (TPSA) is 36.4 Å². The lowest BCUT2D eigenvalue weighted by Gasteiger charge is -2.39. The van der Waals surface area contributed by atoms with Crippen LogP contribution in [0.5, 0.6) is 0 Å². The second-order valence-electron chi connectivity index (χ2n) is 7.96. The van der Waals surface area contributed by atoms with Gasteiger partial charge in [-0.1, -0.05) is 35.9 Å². The van der Waals surface area contributed by atoms with E-state index in [1.807, 2.05) is 23.1 Å². The highest BCUT2D eigenvalue weighted by Crippen LogP contribution is 2.35. The fourth-order valence-corrected chi connectivity index (χ4v) is 4.88. The minimum absolute atomic E-state index is 0.199. The quantitative estimate of drug-likeness (QED) is 0.763. The lowest BCUT2D eigenvalue weighted by molar-refractivity contribution is -0.130. The molecule has 3 heterocycles. The Morgan fingerprint density at radius 2 is 1.86 bits per heavy atom. The van der Waals surface area contributed by atoms with Gasteiger partial charge in [-0.3, -0.25) is 14.7 Å². The van der Waals surface area contributed by atoms with Crippen LogP contribution in [0.3, 0.4) is 0 Å². The molecule has 0 aliphatic carbocycles. The Morgan fingerprint density at radius 1 is 1.07 bits per heavy atom. The largest absolute Gasteiger partial charge is 0.343 e. The first kappa shape index (κ1) is 19.4. The third-order valence-electron chi connectivity index (χ3n) is 6.17. The second-order valence-corrected chi connectivity index (χ2v) is 8.36. The van der Waals surface area contributed by atoms with Crippen molar-refractivity contribution >= 4 is 17.5 Å². The first-order valence-corrected chi connectivity index (χ1v) is 10.7. The SMILES string of the molecule is CC(=O)N1CCC(N2CCCC2c2cccc(Cc3ccccc3Cl)n2)CC1. The van der Waals surface area contributed by atoms with Crippen LogP contribution in [-0.4, -0.2) is 46.4 Å². The number of benzene rings is 1. The third kappa shape index (κ3) is 4.23. The van der Waals surface area contributed by atoms with Crippen LogP contribution in [0.25, 0.3) is 0 Å². The molecule has 0 spiro atoms. The van der Waals surface area contributed by atoms with Gasteiger partial charge in [-0.15, -0.1) is 0 Å². The van der Waals surface area contributed by atoms with Gasteiger partial charge in [0.15, 0.2) is 0 Å². The van der Waals surface area contributed by atoms with Gasteiger partial charge in [-0.25, -0.2) is 0 Å². The number of aromatic nitrogens is 1. The minimum Gasteiger partial charge on any atom is -0.343 e. The van der Waals surface area contributed by atoms with Gasteiger partial charge in [-0.2, -0.15) is 0 Å². The molecule has 2 aliphatic heterocycles. The molecule has 4 nitrogen and oxygen atoms in total. The number of piperidine rings is 1. The molecular weight excluding hydrogens is 370 g/mol. The lowest BCUT2D eigenvalue weighted by atomic mass is 10.0. The highest BCUT2D eigenvalue weighted by Gasteiger charge is 2.34. The van der Waals surface area contributed by atoms with E-state index in [0.717, 1.165) is 61.6 Å². The van der Waals surface area contributed by atoms with Gasteiger partial charge in [0.25, 0.3) is 0 Å². The molecule has 0 saturated carbocycles. The van der Waals surface area contributed by atoms with E-state index in [1.54, 1.807) is 6.92 Å². The Kier molecular flexibility index (Phi) is 5.98.